The minimum atomic E-state index is -1.35. The number of urea groups is 1. The number of carbonyl (C=O) groups is 3. The molecule has 3 heterocycles. The van der Waals surface area contributed by atoms with E-state index in [1.807, 2.05) is 28.8 Å². The molecule has 1 atom stereocenters. The molecule has 1 aliphatic rings. The van der Waals surface area contributed by atoms with Crippen molar-refractivity contribution >= 4 is 28.6 Å². The number of Topliss-reactive ketones (excluding diaryl/α,β-unsaturated/α-hetero) is 1. The Morgan fingerprint density at radius 3 is 2.76 bits per heavy atom. The number of para-hydroxylation sites is 1. The zero-order chi connectivity index (χ0) is 20.6. The Balaban J connectivity index is 1.63. The maximum Gasteiger partial charge on any atom is 0.325 e. The molecule has 1 aromatic carbocycles. The van der Waals surface area contributed by atoms with Gasteiger partial charge < -0.3 is 14.3 Å². The van der Waals surface area contributed by atoms with Gasteiger partial charge in [0.05, 0.1) is 25.3 Å². The third-order valence-corrected chi connectivity index (χ3v) is 5.14. The van der Waals surface area contributed by atoms with Gasteiger partial charge in [-0.2, -0.15) is 5.26 Å². The second kappa shape index (κ2) is 6.95. The fourth-order valence-electron chi connectivity index (χ4n) is 3.62. The van der Waals surface area contributed by atoms with Crippen molar-refractivity contribution in [3.05, 3.63) is 60.2 Å². The zero-order valence-electron chi connectivity index (χ0n) is 15.7. The molecular weight excluding hydrogens is 372 g/mol. The van der Waals surface area contributed by atoms with Crippen molar-refractivity contribution in [3.63, 3.8) is 0 Å². The summed E-state index contributed by atoms with van der Waals surface area (Å²) in [7, 11) is 0. The molecule has 3 aromatic rings. The number of amides is 3. The number of nitrogens with one attached hydrogen (secondary N) is 1. The number of aryl methyl sites for hydroxylation is 1. The van der Waals surface area contributed by atoms with Crippen molar-refractivity contribution < 1.29 is 18.8 Å². The Labute approximate surface area is 166 Å². The highest BCUT2D eigenvalue weighted by atomic mass is 16.3. The summed E-state index contributed by atoms with van der Waals surface area (Å²) in [5.41, 5.74) is -0.115. The van der Waals surface area contributed by atoms with Crippen molar-refractivity contribution in [1.82, 2.24) is 14.8 Å². The molecule has 29 heavy (non-hydrogen) atoms. The number of nitriles is 1. The topological polar surface area (TPSA) is 108 Å². The maximum atomic E-state index is 13.0. The third kappa shape index (κ3) is 2.97. The minimum Gasteiger partial charge on any atom is -0.466 e. The number of hydrogen-bond donors (Lipinski definition) is 1. The number of rotatable bonds is 6. The van der Waals surface area contributed by atoms with Gasteiger partial charge in [0.25, 0.3) is 5.91 Å². The number of furan rings is 1. The van der Waals surface area contributed by atoms with E-state index in [0.717, 1.165) is 15.8 Å². The van der Waals surface area contributed by atoms with E-state index in [9.17, 15) is 14.4 Å². The fraction of sp³-hybridized carbons (Fsp3) is 0.238. The number of imide groups is 1. The number of nitrogens with zero attached hydrogens (tertiary/aromatic N) is 3. The van der Waals surface area contributed by atoms with Gasteiger partial charge in [-0.25, -0.2) is 4.79 Å². The first kappa shape index (κ1) is 18.5. The summed E-state index contributed by atoms with van der Waals surface area (Å²) >= 11 is 0. The van der Waals surface area contributed by atoms with Crippen LogP contribution in [-0.2, 0) is 16.9 Å². The van der Waals surface area contributed by atoms with Crippen molar-refractivity contribution in [2.45, 2.75) is 25.4 Å². The molecule has 1 N–H and O–H groups in total. The fourth-order valence-corrected chi connectivity index (χ4v) is 3.62. The molecule has 146 valence electrons. The Bertz CT molecular complexity index is 1160. The summed E-state index contributed by atoms with van der Waals surface area (Å²) in [5, 5.41) is 12.2. The second-order valence-electron chi connectivity index (χ2n) is 7.01. The van der Waals surface area contributed by atoms with Crippen molar-refractivity contribution in [3.8, 4) is 6.07 Å². The van der Waals surface area contributed by atoms with Gasteiger partial charge in [-0.05, 0) is 25.1 Å². The van der Waals surface area contributed by atoms with Crippen molar-refractivity contribution in [2.24, 2.45) is 0 Å². The lowest BCUT2D eigenvalue weighted by molar-refractivity contribution is -0.131. The van der Waals surface area contributed by atoms with Crippen LogP contribution in [0.3, 0.4) is 0 Å². The lowest BCUT2D eigenvalue weighted by atomic mass is 9.99. The van der Waals surface area contributed by atoms with Crippen molar-refractivity contribution in [1.29, 1.82) is 5.26 Å². The highest BCUT2D eigenvalue weighted by Gasteiger charge is 2.51. The van der Waals surface area contributed by atoms with Crippen LogP contribution in [0.5, 0.6) is 0 Å². The average molecular weight is 390 g/mol. The van der Waals surface area contributed by atoms with E-state index in [2.05, 4.69) is 11.4 Å². The van der Waals surface area contributed by atoms with E-state index in [1.165, 1.54) is 6.26 Å². The van der Waals surface area contributed by atoms with Gasteiger partial charge in [0, 0.05) is 29.2 Å². The van der Waals surface area contributed by atoms with Gasteiger partial charge in [-0.3, -0.25) is 14.5 Å². The van der Waals surface area contributed by atoms with Gasteiger partial charge in [0.15, 0.2) is 11.3 Å². The monoisotopic (exact) mass is 390 g/mol. The Morgan fingerprint density at radius 2 is 2.03 bits per heavy atom. The molecule has 4 rings (SSSR count). The van der Waals surface area contributed by atoms with E-state index in [-0.39, 0.29) is 12.3 Å². The molecule has 0 aliphatic carbocycles. The van der Waals surface area contributed by atoms with Gasteiger partial charge in [-0.1, -0.05) is 18.2 Å². The van der Waals surface area contributed by atoms with E-state index >= 15 is 0 Å². The maximum absolute atomic E-state index is 13.0. The van der Waals surface area contributed by atoms with Crippen LogP contribution >= 0.6 is 0 Å². The highest BCUT2D eigenvalue weighted by Crippen LogP contribution is 2.30. The van der Waals surface area contributed by atoms with E-state index in [4.69, 9.17) is 9.68 Å². The van der Waals surface area contributed by atoms with Crippen LogP contribution in [0.25, 0.3) is 10.9 Å². The van der Waals surface area contributed by atoms with Gasteiger partial charge in [0.1, 0.15) is 5.76 Å². The molecule has 0 radical (unpaired) electrons. The van der Waals surface area contributed by atoms with Crippen LogP contribution in [0, 0.1) is 11.3 Å². The first-order valence-corrected chi connectivity index (χ1v) is 9.12. The van der Waals surface area contributed by atoms with Crippen LogP contribution in [0.1, 0.15) is 29.5 Å². The van der Waals surface area contributed by atoms with Crippen LogP contribution in [0.4, 0.5) is 4.79 Å². The van der Waals surface area contributed by atoms with E-state index in [1.54, 1.807) is 25.3 Å². The molecule has 0 unspecified atom stereocenters. The summed E-state index contributed by atoms with van der Waals surface area (Å²) in [6.45, 7) is 1.61. The SMILES string of the molecule is C[C@]1(c2ccco2)NC(=O)N(CC(=O)c2cn(CCC#N)c3ccccc23)C1=O. The molecule has 1 saturated heterocycles. The normalized spacial score (nSPS) is 18.8. The lowest BCUT2D eigenvalue weighted by Gasteiger charge is -2.18. The summed E-state index contributed by atoms with van der Waals surface area (Å²) in [4.78, 5) is 39.3. The molecule has 1 aliphatic heterocycles. The number of benzene rings is 1. The molecule has 8 heteroatoms. The summed E-state index contributed by atoms with van der Waals surface area (Å²) < 4.78 is 7.14. The largest absolute Gasteiger partial charge is 0.466 e. The smallest absolute Gasteiger partial charge is 0.325 e. The Hall–Kier alpha value is -3.86. The zero-order valence-corrected chi connectivity index (χ0v) is 15.7. The second-order valence-corrected chi connectivity index (χ2v) is 7.01. The van der Waals surface area contributed by atoms with E-state index < -0.39 is 17.5 Å². The van der Waals surface area contributed by atoms with Gasteiger partial charge in [-0.15, -0.1) is 0 Å². The summed E-state index contributed by atoms with van der Waals surface area (Å²) in [6, 6.07) is 12.0. The molecule has 0 saturated carbocycles. The predicted molar refractivity (Wildman–Crippen MR) is 103 cm³/mol. The number of hydrogen-bond acceptors (Lipinski definition) is 5. The van der Waals surface area contributed by atoms with Crippen LogP contribution < -0.4 is 5.32 Å². The molecule has 2 aromatic heterocycles. The Kier molecular flexibility index (Phi) is 4.43. The van der Waals surface area contributed by atoms with Crippen molar-refractivity contribution in [2.75, 3.05) is 6.54 Å². The summed E-state index contributed by atoms with van der Waals surface area (Å²) in [5.74, 6) is -0.595. The minimum absolute atomic E-state index is 0.305. The van der Waals surface area contributed by atoms with Crippen LogP contribution in [0.15, 0.2) is 53.3 Å². The molecule has 1 fully saturated rings. The molecule has 0 spiro atoms. The molecule has 8 nitrogen and oxygen atoms in total. The standard InChI is InChI=1S/C21H18N4O4/c1-21(18-8-4-11-29-18)19(27)25(20(28)23-21)13-17(26)15-12-24(10-5-9-22)16-7-3-2-6-14(15)16/h2-4,6-8,11-12H,5,10,13H2,1H3,(H,23,28)/t21-/m1/s1. The van der Waals surface area contributed by atoms with Gasteiger partial charge in [0.2, 0.25) is 0 Å². The van der Waals surface area contributed by atoms with E-state index in [0.29, 0.717) is 24.3 Å². The molecular formula is C21H18N4O4. The van der Waals surface area contributed by atoms with Crippen LogP contribution in [-0.4, -0.2) is 33.7 Å². The predicted octanol–water partition coefficient (Wildman–Crippen LogP) is 2.80. The number of fused-ring (bicyclic) bond motifs is 1. The molecule has 0 bridgehead atoms. The first-order valence-electron chi connectivity index (χ1n) is 9.12. The summed E-state index contributed by atoms with van der Waals surface area (Å²) in [6.07, 6.45) is 3.40. The number of aromatic nitrogens is 1. The highest BCUT2D eigenvalue weighted by molar-refractivity contribution is 6.14. The quantitative estimate of drug-likeness (QED) is 0.514. The van der Waals surface area contributed by atoms with Crippen LogP contribution in [0.2, 0.25) is 0 Å². The lowest BCUT2D eigenvalue weighted by Crippen LogP contribution is -2.41. The Morgan fingerprint density at radius 1 is 1.24 bits per heavy atom. The number of ketones is 1. The van der Waals surface area contributed by atoms with Gasteiger partial charge >= 0.3 is 6.03 Å². The molecule has 3 amide bonds. The third-order valence-electron chi connectivity index (χ3n) is 5.14. The first-order chi connectivity index (χ1) is 14.0. The number of carbonyl (C=O) groups excluding carboxylic acids is 3. The average Bonchev–Trinajstić information content (AvgIpc) is 3.42.